The third kappa shape index (κ3) is 4.65. The summed E-state index contributed by atoms with van der Waals surface area (Å²) in [5.74, 6) is -0.106. The molecule has 0 heterocycles. The molecule has 0 aromatic carbocycles. The van der Waals surface area contributed by atoms with Gasteiger partial charge < -0.3 is 10.5 Å². The molecule has 0 bridgehead atoms. The van der Waals surface area contributed by atoms with Crippen LogP contribution in [0.15, 0.2) is 0 Å². The average Bonchev–Trinajstić information content (AvgIpc) is 2.46. The van der Waals surface area contributed by atoms with Crippen LogP contribution in [0.2, 0.25) is 0 Å². The third-order valence-electron chi connectivity index (χ3n) is 3.09. The summed E-state index contributed by atoms with van der Waals surface area (Å²) < 4.78 is 5.49. The second-order valence-corrected chi connectivity index (χ2v) is 4.53. The zero-order valence-electron chi connectivity index (χ0n) is 9.71. The van der Waals surface area contributed by atoms with Crippen LogP contribution in [0.25, 0.3) is 0 Å². The molecule has 1 unspecified atom stereocenters. The van der Waals surface area contributed by atoms with E-state index in [1.807, 2.05) is 6.92 Å². The molecular formula is C12H23NO2. The molecule has 0 amide bonds. The van der Waals surface area contributed by atoms with Crippen molar-refractivity contribution in [1.29, 1.82) is 0 Å². The summed E-state index contributed by atoms with van der Waals surface area (Å²) in [6, 6.07) is 0. The summed E-state index contributed by atoms with van der Waals surface area (Å²) in [7, 11) is 0. The van der Waals surface area contributed by atoms with Crippen molar-refractivity contribution in [2.24, 2.45) is 11.7 Å². The lowest BCUT2D eigenvalue weighted by Crippen LogP contribution is -2.24. The smallest absolute Gasteiger partial charge is 0.308 e. The molecule has 3 nitrogen and oxygen atoms in total. The van der Waals surface area contributed by atoms with Crippen molar-refractivity contribution in [2.45, 2.75) is 58.0 Å². The molecule has 0 aromatic rings. The van der Waals surface area contributed by atoms with Gasteiger partial charge >= 0.3 is 5.97 Å². The van der Waals surface area contributed by atoms with Crippen LogP contribution >= 0.6 is 0 Å². The minimum absolute atomic E-state index is 0.0433. The van der Waals surface area contributed by atoms with Gasteiger partial charge in [0.15, 0.2) is 0 Å². The lowest BCUT2D eigenvalue weighted by Gasteiger charge is -2.18. The van der Waals surface area contributed by atoms with Gasteiger partial charge in [-0.05, 0) is 38.6 Å². The lowest BCUT2D eigenvalue weighted by molar-refractivity contribution is -0.154. The molecule has 88 valence electrons. The van der Waals surface area contributed by atoms with E-state index in [2.05, 4.69) is 0 Å². The Morgan fingerprint density at radius 1 is 1.33 bits per heavy atom. The van der Waals surface area contributed by atoms with E-state index in [0.717, 1.165) is 19.3 Å². The quantitative estimate of drug-likeness (QED) is 0.575. The second-order valence-electron chi connectivity index (χ2n) is 4.53. The van der Waals surface area contributed by atoms with E-state index in [1.165, 1.54) is 25.7 Å². The molecule has 2 N–H and O–H groups in total. The van der Waals surface area contributed by atoms with Gasteiger partial charge in [-0.15, -0.1) is 0 Å². The van der Waals surface area contributed by atoms with Gasteiger partial charge in [-0.1, -0.05) is 19.8 Å². The molecule has 15 heavy (non-hydrogen) atoms. The summed E-state index contributed by atoms with van der Waals surface area (Å²) in [6.07, 6.45) is 7.94. The Morgan fingerprint density at radius 2 is 1.93 bits per heavy atom. The van der Waals surface area contributed by atoms with Gasteiger partial charge in [-0.3, -0.25) is 4.79 Å². The molecule has 1 rings (SSSR count). The van der Waals surface area contributed by atoms with E-state index in [0.29, 0.717) is 6.54 Å². The number of hydrogen-bond donors (Lipinski definition) is 1. The molecule has 1 atom stereocenters. The Kier molecular flexibility index (Phi) is 5.69. The maximum Gasteiger partial charge on any atom is 0.308 e. The first-order chi connectivity index (χ1) is 7.24. The van der Waals surface area contributed by atoms with Crippen molar-refractivity contribution in [3.63, 3.8) is 0 Å². The number of esters is 1. The Hall–Kier alpha value is -0.570. The Balaban J connectivity index is 2.28. The first-order valence-electron chi connectivity index (χ1n) is 6.14. The molecule has 3 heteroatoms. The minimum atomic E-state index is -0.0626. The topological polar surface area (TPSA) is 52.3 Å². The molecule has 0 radical (unpaired) electrons. The fourth-order valence-corrected chi connectivity index (χ4v) is 2.01. The summed E-state index contributed by atoms with van der Waals surface area (Å²) in [4.78, 5) is 11.6. The van der Waals surface area contributed by atoms with Crippen LogP contribution in [0, 0.1) is 5.92 Å². The zero-order valence-corrected chi connectivity index (χ0v) is 9.71. The van der Waals surface area contributed by atoms with Gasteiger partial charge in [0.2, 0.25) is 0 Å². The fraction of sp³-hybridized carbons (Fsp3) is 0.917. The van der Waals surface area contributed by atoms with Crippen LogP contribution in [0.4, 0.5) is 0 Å². The van der Waals surface area contributed by atoms with Crippen molar-refractivity contribution < 1.29 is 9.53 Å². The fourth-order valence-electron chi connectivity index (χ4n) is 2.01. The summed E-state index contributed by atoms with van der Waals surface area (Å²) >= 11 is 0. The molecule has 0 aliphatic heterocycles. The second kappa shape index (κ2) is 6.83. The zero-order chi connectivity index (χ0) is 11.1. The van der Waals surface area contributed by atoms with Crippen molar-refractivity contribution in [2.75, 3.05) is 6.54 Å². The first-order valence-corrected chi connectivity index (χ1v) is 6.14. The van der Waals surface area contributed by atoms with Crippen molar-refractivity contribution >= 4 is 5.97 Å². The van der Waals surface area contributed by atoms with E-state index in [1.54, 1.807) is 0 Å². The Morgan fingerprint density at radius 3 is 2.47 bits per heavy atom. The SMILES string of the molecule is CC(CCN)C(=O)OC1CCCCCC1. The maximum absolute atomic E-state index is 11.6. The molecule has 1 fully saturated rings. The van der Waals surface area contributed by atoms with Gasteiger partial charge in [-0.25, -0.2) is 0 Å². The highest BCUT2D eigenvalue weighted by Crippen LogP contribution is 2.21. The van der Waals surface area contributed by atoms with E-state index in [-0.39, 0.29) is 18.0 Å². The number of carbonyl (C=O) groups excluding carboxylic acids is 1. The first kappa shape index (κ1) is 12.5. The van der Waals surface area contributed by atoms with Crippen LogP contribution in [0.5, 0.6) is 0 Å². The number of nitrogens with two attached hydrogens (primary N) is 1. The van der Waals surface area contributed by atoms with E-state index in [4.69, 9.17) is 10.5 Å². The number of carbonyl (C=O) groups is 1. The summed E-state index contributed by atoms with van der Waals surface area (Å²) in [5, 5.41) is 0. The van der Waals surface area contributed by atoms with E-state index < -0.39 is 0 Å². The molecule has 0 aromatic heterocycles. The van der Waals surface area contributed by atoms with Crippen LogP contribution < -0.4 is 5.73 Å². The molecule has 1 aliphatic rings. The molecule has 0 saturated heterocycles. The van der Waals surface area contributed by atoms with E-state index in [9.17, 15) is 4.79 Å². The van der Waals surface area contributed by atoms with Gasteiger partial charge in [0.05, 0.1) is 5.92 Å². The lowest BCUT2D eigenvalue weighted by atomic mass is 10.1. The van der Waals surface area contributed by atoms with E-state index >= 15 is 0 Å². The van der Waals surface area contributed by atoms with Crippen LogP contribution in [0.1, 0.15) is 51.9 Å². The van der Waals surface area contributed by atoms with Crippen LogP contribution in [-0.4, -0.2) is 18.6 Å². The maximum atomic E-state index is 11.6. The van der Waals surface area contributed by atoms with Crippen LogP contribution in [-0.2, 0) is 9.53 Å². The van der Waals surface area contributed by atoms with Crippen LogP contribution in [0.3, 0.4) is 0 Å². The van der Waals surface area contributed by atoms with Crippen molar-refractivity contribution in [1.82, 2.24) is 0 Å². The highest BCUT2D eigenvalue weighted by atomic mass is 16.5. The van der Waals surface area contributed by atoms with Crippen molar-refractivity contribution in [3.05, 3.63) is 0 Å². The van der Waals surface area contributed by atoms with Gasteiger partial charge in [0.1, 0.15) is 6.10 Å². The monoisotopic (exact) mass is 213 g/mol. The highest BCUT2D eigenvalue weighted by Gasteiger charge is 2.20. The Labute approximate surface area is 92.4 Å². The number of rotatable bonds is 4. The molecular weight excluding hydrogens is 190 g/mol. The number of hydrogen-bond acceptors (Lipinski definition) is 3. The predicted molar refractivity (Wildman–Crippen MR) is 60.4 cm³/mol. The third-order valence-corrected chi connectivity index (χ3v) is 3.09. The molecule has 1 saturated carbocycles. The summed E-state index contributed by atoms with van der Waals surface area (Å²) in [5.41, 5.74) is 5.42. The summed E-state index contributed by atoms with van der Waals surface area (Å²) in [6.45, 7) is 2.45. The molecule has 1 aliphatic carbocycles. The molecule has 0 spiro atoms. The highest BCUT2D eigenvalue weighted by molar-refractivity contribution is 5.72. The Bertz CT molecular complexity index is 186. The number of ether oxygens (including phenoxy) is 1. The van der Waals surface area contributed by atoms with Gasteiger partial charge in [0.25, 0.3) is 0 Å². The average molecular weight is 213 g/mol. The minimum Gasteiger partial charge on any atom is -0.462 e. The largest absolute Gasteiger partial charge is 0.462 e. The van der Waals surface area contributed by atoms with Gasteiger partial charge in [-0.2, -0.15) is 0 Å². The normalized spacial score (nSPS) is 20.7. The van der Waals surface area contributed by atoms with Gasteiger partial charge in [0, 0.05) is 0 Å². The van der Waals surface area contributed by atoms with Crippen molar-refractivity contribution in [3.8, 4) is 0 Å². The standard InChI is InChI=1S/C12H23NO2/c1-10(8-9-13)12(14)15-11-6-4-2-3-5-7-11/h10-11H,2-9,13H2,1H3. The predicted octanol–water partition coefficient (Wildman–Crippen LogP) is 2.24.